The normalized spacial score (nSPS) is 30.4. The topological polar surface area (TPSA) is 43.8 Å². The van der Waals surface area contributed by atoms with E-state index in [1.807, 2.05) is 0 Å². The van der Waals surface area contributed by atoms with Gasteiger partial charge < -0.3 is 5.73 Å². The highest BCUT2D eigenvalue weighted by Crippen LogP contribution is 2.58. The minimum Gasteiger partial charge on any atom is -0.327 e. The second-order valence-electron chi connectivity index (χ2n) is 6.08. The maximum atomic E-state index is 6.48. The van der Waals surface area contributed by atoms with Crippen molar-refractivity contribution in [2.45, 2.75) is 58.5 Å². The Balaban J connectivity index is 1.74. The van der Waals surface area contributed by atoms with Crippen LogP contribution in [0.15, 0.2) is 4.47 Å². The van der Waals surface area contributed by atoms with Gasteiger partial charge in [-0.05, 0) is 59.9 Å². The summed E-state index contributed by atoms with van der Waals surface area (Å²) in [6.07, 6.45) is 6.20. The van der Waals surface area contributed by atoms with E-state index in [0.29, 0.717) is 6.04 Å². The van der Waals surface area contributed by atoms with Crippen molar-refractivity contribution in [3.63, 3.8) is 0 Å². The van der Waals surface area contributed by atoms with E-state index in [-0.39, 0.29) is 0 Å². The highest BCUT2D eigenvalue weighted by atomic mass is 79.9. The lowest BCUT2D eigenvalue weighted by Crippen LogP contribution is -2.28. The Morgan fingerprint density at radius 3 is 2.63 bits per heavy atom. The molecule has 3 nitrogen and oxygen atoms in total. The third-order valence-electron chi connectivity index (χ3n) is 5.09. The van der Waals surface area contributed by atoms with Gasteiger partial charge in [-0.2, -0.15) is 5.10 Å². The fraction of sp³-hybridized carbons (Fsp3) is 0.800. The van der Waals surface area contributed by atoms with Gasteiger partial charge in [0.25, 0.3) is 0 Å². The van der Waals surface area contributed by atoms with E-state index in [1.165, 1.54) is 35.1 Å². The van der Waals surface area contributed by atoms with Gasteiger partial charge in [0.15, 0.2) is 0 Å². The summed E-state index contributed by atoms with van der Waals surface area (Å²) >= 11 is 3.72. The molecule has 0 bridgehead atoms. The zero-order chi connectivity index (χ0) is 13.6. The Morgan fingerprint density at radius 1 is 1.37 bits per heavy atom. The second-order valence-corrected chi connectivity index (χ2v) is 6.87. The van der Waals surface area contributed by atoms with Gasteiger partial charge in [0.1, 0.15) is 0 Å². The molecule has 2 N–H and O–H groups in total. The minimum atomic E-state index is 0.318. The number of rotatable bonds is 5. The number of hydrogen-bond acceptors (Lipinski definition) is 2. The molecule has 106 valence electrons. The zero-order valence-electron chi connectivity index (χ0n) is 11.9. The summed E-state index contributed by atoms with van der Waals surface area (Å²) < 4.78 is 3.32. The lowest BCUT2D eigenvalue weighted by atomic mass is 10.0. The fourth-order valence-corrected chi connectivity index (χ4v) is 4.81. The van der Waals surface area contributed by atoms with Crippen molar-refractivity contribution in [1.29, 1.82) is 0 Å². The second kappa shape index (κ2) is 5.21. The molecule has 0 aliphatic heterocycles. The van der Waals surface area contributed by atoms with E-state index >= 15 is 0 Å². The predicted octanol–water partition coefficient (Wildman–Crippen LogP) is 3.14. The van der Waals surface area contributed by atoms with Crippen LogP contribution in [0.4, 0.5) is 0 Å². The number of nitrogens with zero attached hydrogens (tertiary/aromatic N) is 2. The third-order valence-corrected chi connectivity index (χ3v) is 6.01. The van der Waals surface area contributed by atoms with Crippen LogP contribution in [0.3, 0.4) is 0 Å². The summed E-state index contributed by atoms with van der Waals surface area (Å²) in [5.41, 5.74) is 8.95. The first-order valence-electron chi connectivity index (χ1n) is 7.67. The Labute approximate surface area is 124 Å². The molecule has 19 heavy (non-hydrogen) atoms. The SMILES string of the molecule is CCc1nn(CC)c(CC(N)C2C3CCCC32)c1Br. The molecule has 2 saturated carbocycles. The fourth-order valence-electron chi connectivity index (χ4n) is 4.08. The van der Waals surface area contributed by atoms with Crippen molar-refractivity contribution in [3.8, 4) is 0 Å². The molecule has 3 rings (SSSR count). The summed E-state index contributed by atoms with van der Waals surface area (Å²) in [5.74, 6) is 2.67. The molecular formula is C15H24BrN3. The van der Waals surface area contributed by atoms with E-state index in [2.05, 4.69) is 39.6 Å². The number of fused-ring (bicyclic) bond motifs is 1. The number of nitrogens with two attached hydrogens (primary N) is 1. The van der Waals surface area contributed by atoms with Crippen molar-refractivity contribution >= 4 is 15.9 Å². The molecule has 1 aromatic rings. The van der Waals surface area contributed by atoms with Gasteiger partial charge in [-0.3, -0.25) is 4.68 Å². The standard InChI is InChI=1S/C15H24BrN3/c1-3-12-15(16)13(19(4-2)18-12)8-11(17)14-9-6-5-7-10(9)14/h9-11,14H,3-8,17H2,1-2H3. The van der Waals surface area contributed by atoms with Crippen molar-refractivity contribution in [2.75, 3.05) is 0 Å². The van der Waals surface area contributed by atoms with Crippen molar-refractivity contribution in [3.05, 3.63) is 15.9 Å². The average molecular weight is 326 g/mol. The van der Waals surface area contributed by atoms with Gasteiger partial charge in [-0.25, -0.2) is 0 Å². The van der Waals surface area contributed by atoms with Crippen LogP contribution >= 0.6 is 15.9 Å². The predicted molar refractivity (Wildman–Crippen MR) is 81.0 cm³/mol. The van der Waals surface area contributed by atoms with Crippen LogP contribution in [0.1, 0.15) is 44.5 Å². The van der Waals surface area contributed by atoms with E-state index in [1.54, 1.807) is 0 Å². The van der Waals surface area contributed by atoms with Crippen LogP contribution in [0, 0.1) is 17.8 Å². The Kier molecular flexibility index (Phi) is 3.73. The number of aryl methyl sites for hydroxylation is 2. The first-order valence-corrected chi connectivity index (χ1v) is 8.46. The summed E-state index contributed by atoms with van der Waals surface area (Å²) in [7, 11) is 0. The molecule has 0 aromatic carbocycles. The van der Waals surface area contributed by atoms with E-state index < -0.39 is 0 Å². The number of hydrogen-bond donors (Lipinski definition) is 1. The molecule has 0 saturated heterocycles. The monoisotopic (exact) mass is 325 g/mol. The van der Waals surface area contributed by atoms with Crippen LogP contribution in [0.25, 0.3) is 0 Å². The highest BCUT2D eigenvalue weighted by Gasteiger charge is 2.54. The molecular weight excluding hydrogens is 302 g/mol. The van der Waals surface area contributed by atoms with Crippen LogP contribution < -0.4 is 5.73 Å². The lowest BCUT2D eigenvalue weighted by Gasteiger charge is -2.15. The number of aromatic nitrogens is 2. The average Bonchev–Trinajstić information content (AvgIpc) is 2.77. The minimum absolute atomic E-state index is 0.318. The maximum Gasteiger partial charge on any atom is 0.0766 e. The van der Waals surface area contributed by atoms with Crippen LogP contribution in [0.5, 0.6) is 0 Å². The Morgan fingerprint density at radius 2 is 2.05 bits per heavy atom. The van der Waals surface area contributed by atoms with Crippen LogP contribution in [-0.2, 0) is 19.4 Å². The number of halogens is 1. The first kappa shape index (κ1) is 13.6. The van der Waals surface area contributed by atoms with E-state index in [9.17, 15) is 0 Å². The first-order chi connectivity index (χ1) is 9.17. The maximum absolute atomic E-state index is 6.48. The third kappa shape index (κ3) is 2.27. The molecule has 0 amide bonds. The van der Waals surface area contributed by atoms with Crippen LogP contribution in [0.2, 0.25) is 0 Å². The van der Waals surface area contributed by atoms with Gasteiger partial charge in [-0.1, -0.05) is 13.3 Å². The molecule has 1 heterocycles. The van der Waals surface area contributed by atoms with Crippen molar-refractivity contribution < 1.29 is 0 Å². The van der Waals surface area contributed by atoms with Crippen molar-refractivity contribution in [2.24, 2.45) is 23.5 Å². The Bertz CT molecular complexity index is 458. The van der Waals surface area contributed by atoms with Gasteiger partial charge >= 0.3 is 0 Å². The summed E-state index contributed by atoms with van der Waals surface area (Å²) in [6.45, 7) is 5.24. The smallest absolute Gasteiger partial charge is 0.0766 e. The molecule has 3 atom stereocenters. The molecule has 2 aliphatic carbocycles. The van der Waals surface area contributed by atoms with Crippen molar-refractivity contribution in [1.82, 2.24) is 9.78 Å². The van der Waals surface area contributed by atoms with Gasteiger partial charge in [-0.15, -0.1) is 0 Å². The highest BCUT2D eigenvalue weighted by molar-refractivity contribution is 9.10. The quantitative estimate of drug-likeness (QED) is 0.903. The molecule has 3 unspecified atom stereocenters. The molecule has 4 heteroatoms. The largest absolute Gasteiger partial charge is 0.327 e. The zero-order valence-corrected chi connectivity index (χ0v) is 13.5. The summed E-state index contributed by atoms with van der Waals surface area (Å²) in [5, 5.41) is 4.67. The van der Waals surface area contributed by atoms with E-state index in [4.69, 9.17) is 5.73 Å². The van der Waals surface area contributed by atoms with Gasteiger partial charge in [0.05, 0.1) is 15.9 Å². The molecule has 0 spiro atoms. The molecule has 0 radical (unpaired) electrons. The van der Waals surface area contributed by atoms with Crippen LogP contribution in [-0.4, -0.2) is 15.8 Å². The van der Waals surface area contributed by atoms with E-state index in [0.717, 1.165) is 37.1 Å². The Hall–Kier alpha value is -0.350. The lowest BCUT2D eigenvalue weighted by molar-refractivity contribution is 0.468. The summed E-state index contributed by atoms with van der Waals surface area (Å²) in [6, 6.07) is 0.318. The molecule has 1 aromatic heterocycles. The van der Waals surface area contributed by atoms with Gasteiger partial charge in [0, 0.05) is 19.0 Å². The summed E-state index contributed by atoms with van der Waals surface area (Å²) in [4.78, 5) is 0. The molecule has 2 fully saturated rings. The molecule has 2 aliphatic rings. The van der Waals surface area contributed by atoms with Gasteiger partial charge in [0.2, 0.25) is 0 Å².